The van der Waals surface area contributed by atoms with Crippen molar-refractivity contribution in [1.29, 1.82) is 0 Å². The maximum atomic E-state index is 14.6. The van der Waals surface area contributed by atoms with Crippen LogP contribution >= 0.6 is 12.4 Å². The Morgan fingerprint density at radius 1 is 0.633 bits per heavy atom. The smallest absolute Gasteiger partial charge is 0.408 e. The summed E-state index contributed by atoms with van der Waals surface area (Å²) in [7, 11) is 0. The number of nitrogens with zero attached hydrogens (tertiary/aromatic N) is 6. The zero-order valence-electron chi connectivity index (χ0n) is 34.6. The second-order valence-corrected chi connectivity index (χ2v) is 16.8. The van der Waals surface area contributed by atoms with Crippen LogP contribution in [-0.2, 0) is 30.9 Å². The molecule has 2 aromatic carbocycles. The Balaban J connectivity index is 0.000000203. The molecule has 0 bridgehead atoms. The van der Waals surface area contributed by atoms with Gasteiger partial charge < -0.3 is 44.5 Å². The Hall–Kier alpha value is -5.22. The van der Waals surface area contributed by atoms with Crippen LogP contribution in [0.15, 0.2) is 36.7 Å². The number of piperidine rings is 2. The van der Waals surface area contributed by atoms with Gasteiger partial charge in [-0.25, -0.2) is 23.2 Å². The van der Waals surface area contributed by atoms with Crippen LogP contribution in [0, 0.1) is 11.6 Å². The van der Waals surface area contributed by atoms with E-state index < -0.39 is 23.3 Å². The second kappa shape index (κ2) is 18.6. The van der Waals surface area contributed by atoms with Crippen molar-refractivity contribution in [2.24, 2.45) is 5.73 Å². The number of hydrogen-bond acceptors (Lipinski definition) is 7. The molecular weight excluding hydrogens is 798 g/mol. The molecule has 8 rings (SSSR count). The summed E-state index contributed by atoms with van der Waals surface area (Å²) in [5.41, 5.74) is 8.63. The number of carbonyl (C=O) groups is 5. The van der Waals surface area contributed by atoms with Gasteiger partial charge in [0.25, 0.3) is 0 Å². The molecule has 0 atom stereocenters. The molecule has 4 aliphatic heterocycles. The number of amides is 5. The molecule has 2 saturated heterocycles. The molecule has 4 aromatic rings. The standard InChI is InChI=1S/C24H31FN4O4.C19H23FN4O2.ClH/c1-24(2,3)33-22(31)26-13-20(30)19-15-28-9-10-29(23(32)27-7-5-4-6-8-27)14-16-11-17(25)12-18(19)21(16)28;20-14-8-13-11-24(19(26)22-4-2-1-3-5-22)7-6-23-12-16(17(25)10-21)15(9-14)18(13)23;/h11-12,15H,4-10,13-14H2,1-3H3,(H,26,31);8-9,12H,1-7,10-11,21H2;1H. The average Bonchev–Trinajstić information content (AvgIpc) is 3.63. The lowest BCUT2D eigenvalue weighted by atomic mass is 10.1. The Bertz CT molecular complexity index is 2270. The highest BCUT2D eigenvalue weighted by atomic mass is 35.5. The minimum atomic E-state index is -0.681. The van der Waals surface area contributed by atoms with Crippen LogP contribution in [0.2, 0.25) is 0 Å². The Morgan fingerprint density at radius 3 is 1.48 bits per heavy atom. The molecule has 2 fully saturated rings. The summed E-state index contributed by atoms with van der Waals surface area (Å²) in [5, 5.41) is 3.55. The second-order valence-electron chi connectivity index (χ2n) is 16.8. The Kier molecular flexibility index (Phi) is 13.7. The van der Waals surface area contributed by atoms with Crippen molar-refractivity contribution in [1.82, 2.24) is 34.1 Å². The lowest BCUT2D eigenvalue weighted by molar-refractivity contribution is 0.0520. The van der Waals surface area contributed by atoms with Gasteiger partial charge in [0, 0.05) is 99.7 Å². The normalized spacial score (nSPS) is 16.6. The number of hydrogen-bond donors (Lipinski definition) is 2. The molecule has 0 unspecified atom stereocenters. The molecule has 0 radical (unpaired) electrons. The lowest BCUT2D eigenvalue weighted by Crippen LogP contribution is -2.45. The van der Waals surface area contributed by atoms with Crippen LogP contribution in [0.5, 0.6) is 0 Å². The van der Waals surface area contributed by atoms with E-state index in [1.54, 1.807) is 43.0 Å². The number of nitrogens with one attached hydrogen (secondary N) is 1. The van der Waals surface area contributed by atoms with Gasteiger partial charge in [-0.1, -0.05) is 0 Å². The van der Waals surface area contributed by atoms with Crippen LogP contribution in [-0.4, -0.2) is 116 Å². The number of carbonyl (C=O) groups excluding carboxylic acids is 5. The number of Topliss-reactive ketones (excluding diaryl/α,β-unsaturated/α-hetero) is 2. The van der Waals surface area contributed by atoms with Gasteiger partial charge in [0.15, 0.2) is 11.6 Å². The third-order valence-corrected chi connectivity index (χ3v) is 11.3. The molecule has 14 nitrogen and oxygen atoms in total. The topological polar surface area (TPSA) is 155 Å². The van der Waals surface area contributed by atoms with E-state index in [2.05, 4.69) is 5.32 Å². The van der Waals surface area contributed by atoms with Gasteiger partial charge in [-0.3, -0.25) is 9.59 Å². The number of ketones is 2. The zero-order valence-corrected chi connectivity index (χ0v) is 35.4. The van der Waals surface area contributed by atoms with Crippen molar-refractivity contribution in [3.63, 3.8) is 0 Å². The molecule has 0 aliphatic carbocycles. The van der Waals surface area contributed by atoms with Crippen molar-refractivity contribution in [3.8, 4) is 0 Å². The summed E-state index contributed by atoms with van der Waals surface area (Å²) >= 11 is 0. The first-order chi connectivity index (χ1) is 28.2. The van der Waals surface area contributed by atoms with Crippen molar-refractivity contribution in [2.45, 2.75) is 91.1 Å². The predicted octanol–water partition coefficient (Wildman–Crippen LogP) is 6.67. The summed E-state index contributed by atoms with van der Waals surface area (Å²) < 4.78 is 37.8. The van der Waals surface area contributed by atoms with Gasteiger partial charge in [0.2, 0.25) is 0 Å². The fourth-order valence-corrected chi connectivity index (χ4v) is 8.61. The van der Waals surface area contributed by atoms with E-state index >= 15 is 0 Å². The van der Waals surface area contributed by atoms with Gasteiger partial charge in [-0.05, 0) is 94.7 Å². The Labute approximate surface area is 354 Å². The molecule has 0 saturated carbocycles. The van der Waals surface area contributed by atoms with Gasteiger partial charge in [-0.2, -0.15) is 0 Å². The number of benzene rings is 2. The Morgan fingerprint density at radius 2 is 1.07 bits per heavy atom. The zero-order chi connectivity index (χ0) is 42.0. The number of urea groups is 2. The van der Waals surface area contributed by atoms with E-state index in [0.717, 1.165) is 81.3 Å². The summed E-state index contributed by atoms with van der Waals surface area (Å²) in [5.74, 6) is -1.39. The van der Waals surface area contributed by atoms with E-state index in [0.29, 0.717) is 60.2 Å². The largest absolute Gasteiger partial charge is 0.444 e. The number of likely N-dealkylation sites (tertiary alicyclic amines) is 2. The highest BCUT2D eigenvalue weighted by Gasteiger charge is 2.30. The summed E-state index contributed by atoms with van der Waals surface area (Å²) in [6.07, 6.45) is 9.15. The monoisotopic (exact) mass is 852 g/mol. The number of rotatable bonds is 5. The van der Waals surface area contributed by atoms with Gasteiger partial charge >= 0.3 is 18.2 Å². The molecule has 6 heterocycles. The number of ether oxygens (including phenoxy) is 1. The maximum absolute atomic E-state index is 14.6. The number of halogens is 3. The summed E-state index contributed by atoms with van der Waals surface area (Å²) in [4.78, 5) is 70.2. The number of alkyl carbamates (subject to hydrolysis) is 1. The minimum absolute atomic E-state index is 0. The van der Waals surface area contributed by atoms with Crippen molar-refractivity contribution < 1.29 is 37.5 Å². The maximum Gasteiger partial charge on any atom is 0.408 e. The van der Waals surface area contributed by atoms with Gasteiger partial charge in [-0.15, -0.1) is 12.4 Å². The molecule has 4 aliphatic rings. The first kappa shape index (κ1) is 44.3. The quantitative estimate of drug-likeness (QED) is 0.213. The average molecular weight is 853 g/mol. The third kappa shape index (κ3) is 9.70. The SMILES string of the molecule is CC(C)(C)OC(=O)NCC(=O)c1cn2c3c(cc(F)cc13)CN(C(=O)N1CCCCC1)CC2.Cl.NCC(=O)c1cn2c3c(cc(F)cc13)CN(C(=O)N1CCCCC1)CC2. The third-order valence-electron chi connectivity index (χ3n) is 11.3. The van der Waals surface area contributed by atoms with E-state index in [1.807, 2.05) is 18.9 Å². The molecule has 60 heavy (non-hydrogen) atoms. The molecular formula is C43H55ClF2N8O6. The molecule has 5 amide bonds. The van der Waals surface area contributed by atoms with Crippen molar-refractivity contribution >= 4 is 63.9 Å². The molecule has 0 spiro atoms. The number of nitrogens with two attached hydrogens (primary N) is 1. The van der Waals surface area contributed by atoms with Crippen LogP contribution in [0.25, 0.3) is 21.8 Å². The first-order valence-corrected chi connectivity index (χ1v) is 20.6. The molecule has 2 aromatic heterocycles. The molecule has 17 heteroatoms. The summed E-state index contributed by atoms with van der Waals surface area (Å²) in [6.45, 7) is 10.7. The fraction of sp³-hybridized carbons (Fsp3) is 0.512. The van der Waals surface area contributed by atoms with Crippen LogP contribution < -0.4 is 11.1 Å². The van der Waals surface area contributed by atoms with E-state index in [4.69, 9.17) is 10.5 Å². The van der Waals surface area contributed by atoms with Crippen LogP contribution in [0.1, 0.15) is 91.1 Å². The van der Waals surface area contributed by atoms with Crippen molar-refractivity contribution in [3.05, 3.63) is 70.5 Å². The van der Waals surface area contributed by atoms with E-state index in [9.17, 15) is 32.8 Å². The van der Waals surface area contributed by atoms with Gasteiger partial charge in [0.1, 0.15) is 17.2 Å². The molecule has 324 valence electrons. The van der Waals surface area contributed by atoms with E-state index in [1.165, 1.54) is 24.3 Å². The van der Waals surface area contributed by atoms with E-state index in [-0.39, 0.29) is 55.7 Å². The van der Waals surface area contributed by atoms with Crippen molar-refractivity contribution in [2.75, 3.05) is 52.4 Å². The highest BCUT2D eigenvalue weighted by molar-refractivity contribution is 6.11. The van der Waals surface area contributed by atoms with Crippen LogP contribution in [0.4, 0.5) is 23.2 Å². The highest BCUT2D eigenvalue weighted by Crippen LogP contribution is 2.32. The van der Waals surface area contributed by atoms with Crippen LogP contribution in [0.3, 0.4) is 0 Å². The summed E-state index contributed by atoms with van der Waals surface area (Å²) in [6, 6.07) is 5.64. The van der Waals surface area contributed by atoms with Gasteiger partial charge in [0.05, 0.1) is 24.1 Å². The number of aromatic nitrogens is 2. The minimum Gasteiger partial charge on any atom is -0.444 e. The first-order valence-electron chi connectivity index (χ1n) is 20.6. The molecule has 3 N–H and O–H groups in total. The predicted molar refractivity (Wildman–Crippen MR) is 225 cm³/mol. The lowest BCUT2D eigenvalue weighted by Gasteiger charge is -2.32. The fourth-order valence-electron chi connectivity index (χ4n) is 8.61.